The van der Waals surface area contributed by atoms with Gasteiger partial charge in [-0.05, 0) is 48.4 Å². The molecule has 0 N–H and O–H groups in total. The Bertz CT molecular complexity index is 1520. The zero-order chi connectivity index (χ0) is 25.9. The van der Waals surface area contributed by atoms with Crippen molar-refractivity contribution >= 4 is 17.1 Å². The van der Waals surface area contributed by atoms with Gasteiger partial charge in [0.25, 0.3) is 5.56 Å². The second-order valence-corrected chi connectivity index (χ2v) is 7.80. The quantitative estimate of drug-likeness (QED) is 0.244. The van der Waals surface area contributed by atoms with Gasteiger partial charge in [0, 0.05) is 11.1 Å². The van der Waals surface area contributed by atoms with Gasteiger partial charge >= 0.3 is 6.18 Å². The Kier molecular flexibility index (Phi) is 6.91. The molecular formula is C27H22F3N3O3. The van der Waals surface area contributed by atoms with E-state index in [1.807, 2.05) is 0 Å². The van der Waals surface area contributed by atoms with Crippen LogP contribution in [0.15, 0.2) is 83.2 Å². The third kappa shape index (κ3) is 4.86. The molecule has 36 heavy (non-hydrogen) atoms. The molecule has 0 aliphatic heterocycles. The summed E-state index contributed by atoms with van der Waals surface area (Å²) in [6, 6.07) is 14.7. The van der Waals surface area contributed by atoms with Gasteiger partial charge in [-0.1, -0.05) is 30.3 Å². The molecule has 0 amide bonds. The lowest BCUT2D eigenvalue weighted by Gasteiger charge is -2.13. The summed E-state index contributed by atoms with van der Waals surface area (Å²) in [6.45, 7) is 3.76. The van der Waals surface area contributed by atoms with Crippen LogP contribution in [0.2, 0.25) is 0 Å². The molecule has 0 unspecified atom stereocenters. The molecule has 4 rings (SSSR count). The third-order valence-corrected chi connectivity index (χ3v) is 5.47. The zero-order valence-electron chi connectivity index (χ0n) is 19.5. The lowest BCUT2D eigenvalue weighted by molar-refractivity contribution is -0.137. The minimum Gasteiger partial charge on any atom is -0.493 e. The Labute approximate surface area is 204 Å². The van der Waals surface area contributed by atoms with E-state index in [4.69, 9.17) is 9.47 Å². The Morgan fingerprint density at radius 3 is 2.53 bits per heavy atom. The number of hydrogen-bond donors (Lipinski definition) is 0. The number of halogens is 3. The Morgan fingerprint density at radius 1 is 1.06 bits per heavy atom. The molecule has 0 radical (unpaired) electrons. The number of para-hydroxylation sites is 1. The van der Waals surface area contributed by atoms with Crippen LogP contribution in [0.25, 0.3) is 22.3 Å². The molecule has 1 aromatic heterocycles. The standard InChI is InChI=1S/C27H22F3N3O3/c1-4-8-18-13-17(14-23(35-2)24(18)36-3)16-31-33-25(19-9-7-10-20(15-19)27(28,29)30)32-22-12-6-5-11-21(22)26(33)34/h4-7,9-16H,1,8H2,2-3H3. The number of ether oxygens (including phenoxy) is 2. The van der Waals surface area contributed by atoms with E-state index in [9.17, 15) is 18.0 Å². The fraction of sp³-hybridized carbons (Fsp3) is 0.148. The Morgan fingerprint density at radius 2 is 1.83 bits per heavy atom. The average Bonchev–Trinajstić information content (AvgIpc) is 2.87. The van der Waals surface area contributed by atoms with Crippen LogP contribution in [0.1, 0.15) is 16.7 Å². The third-order valence-electron chi connectivity index (χ3n) is 5.47. The van der Waals surface area contributed by atoms with Crippen LogP contribution in [-0.2, 0) is 12.6 Å². The predicted octanol–water partition coefficient (Wildman–Crippen LogP) is 5.71. The number of aromatic nitrogens is 2. The Hall–Kier alpha value is -4.40. The summed E-state index contributed by atoms with van der Waals surface area (Å²) in [5.41, 5.74) is 0.447. The highest BCUT2D eigenvalue weighted by molar-refractivity contribution is 5.83. The molecule has 0 atom stereocenters. The average molecular weight is 493 g/mol. The molecule has 0 saturated heterocycles. The van der Waals surface area contributed by atoms with Gasteiger partial charge in [-0.2, -0.15) is 22.9 Å². The zero-order valence-corrected chi connectivity index (χ0v) is 19.5. The molecule has 0 bridgehead atoms. The minimum absolute atomic E-state index is 0.0205. The number of methoxy groups -OCH3 is 2. The second kappa shape index (κ2) is 10.1. The summed E-state index contributed by atoms with van der Waals surface area (Å²) in [7, 11) is 3.03. The highest BCUT2D eigenvalue weighted by atomic mass is 19.4. The van der Waals surface area contributed by atoms with Gasteiger partial charge in [-0.15, -0.1) is 6.58 Å². The highest BCUT2D eigenvalue weighted by Gasteiger charge is 2.31. The van der Waals surface area contributed by atoms with Crippen molar-refractivity contribution in [2.75, 3.05) is 14.2 Å². The van der Waals surface area contributed by atoms with Gasteiger partial charge < -0.3 is 9.47 Å². The van der Waals surface area contributed by atoms with E-state index in [0.29, 0.717) is 29.0 Å². The summed E-state index contributed by atoms with van der Waals surface area (Å²) in [5.74, 6) is 0.983. The maximum absolute atomic E-state index is 13.4. The summed E-state index contributed by atoms with van der Waals surface area (Å²) in [4.78, 5) is 17.8. The molecule has 0 saturated carbocycles. The highest BCUT2D eigenvalue weighted by Crippen LogP contribution is 2.33. The van der Waals surface area contributed by atoms with E-state index < -0.39 is 17.3 Å². The largest absolute Gasteiger partial charge is 0.493 e. The van der Waals surface area contributed by atoms with Crippen molar-refractivity contribution in [2.24, 2.45) is 5.10 Å². The second-order valence-electron chi connectivity index (χ2n) is 7.80. The number of rotatable bonds is 7. The molecular weight excluding hydrogens is 471 g/mol. The molecule has 3 aromatic carbocycles. The van der Waals surface area contributed by atoms with Gasteiger partial charge in [0.05, 0.1) is 36.9 Å². The van der Waals surface area contributed by atoms with E-state index in [0.717, 1.165) is 22.4 Å². The van der Waals surface area contributed by atoms with Crippen molar-refractivity contribution in [1.82, 2.24) is 9.66 Å². The van der Waals surface area contributed by atoms with E-state index in [1.165, 1.54) is 32.6 Å². The fourth-order valence-electron chi connectivity index (χ4n) is 3.83. The van der Waals surface area contributed by atoms with E-state index in [2.05, 4.69) is 16.7 Å². The number of allylic oxidation sites excluding steroid dienone is 1. The number of benzene rings is 3. The summed E-state index contributed by atoms with van der Waals surface area (Å²) >= 11 is 0. The van der Waals surface area contributed by atoms with Crippen LogP contribution in [-0.4, -0.2) is 30.1 Å². The maximum Gasteiger partial charge on any atom is 0.416 e. The number of fused-ring (bicyclic) bond motifs is 1. The maximum atomic E-state index is 13.4. The molecule has 6 nitrogen and oxygen atoms in total. The van der Waals surface area contributed by atoms with Crippen molar-refractivity contribution in [3.05, 3.63) is 100 Å². The van der Waals surface area contributed by atoms with E-state index >= 15 is 0 Å². The first-order valence-corrected chi connectivity index (χ1v) is 10.9. The van der Waals surface area contributed by atoms with E-state index in [-0.39, 0.29) is 16.8 Å². The van der Waals surface area contributed by atoms with Gasteiger partial charge in [0.1, 0.15) is 0 Å². The van der Waals surface area contributed by atoms with Crippen molar-refractivity contribution in [1.29, 1.82) is 0 Å². The normalized spacial score (nSPS) is 11.7. The van der Waals surface area contributed by atoms with E-state index in [1.54, 1.807) is 42.5 Å². The molecule has 0 fully saturated rings. The number of hydrogen-bond acceptors (Lipinski definition) is 5. The first kappa shape index (κ1) is 24.7. The molecule has 9 heteroatoms. The molecule has 0 aliphatic carbocycles. The summed E-state index contributed by atoms with van der Waals surface area (Å²) in [6.07, 6.45) is -0.929. The van der Waals surface area contributed by atoms with Crippen LogP contribution < -0.4 is 15.0 Å². The monoisotopic (exact) mass is 493 g/mol. The van der Waals surface area contributed by atoms with Crippen LogP contribution in [0.3, 0.4) is 0 Å². The van der Waals surface area contributed by atoms with Crippen molar-refractivity contribution in [2.45, 2.75) is 12.6 Å². The fourth-order valence-corrected chi connectivity index (χ4v) is 3.83. The topological polar surface area (TPSA) is 65.7 Å². The first-order chi connectivity index (χ1) is 17.3. The van der Waals surface area contributed by atoms with Gasteiger partial charge in [-0.25, -0.2) is 4.98 Å². The van der Waals surface area contributed by atoms with Crippen LogP contribution in [0, 0.1) is 0 Å². The molecule has 0 spiro atoms. The lowest BCUT2D eigenvalue weighted by atomic mass is 10.1. The predicted molar refractivity (Wildman–Crippen MR) is 133 cm³/mol. The van der Waals surface area contributed by atoms with Crippen LogP contribution in [0.4, 0.5) is 13.2 Å². The summed E-state index contributed by atoms with van der Waals surface area (Å²) < 4.78 is 52.0. The van der Waals surface area contributed by atoms with Crippen molar-refractivity contribution in [3.8, 4) is 22.9 Å². The van der Waals surface area contributed by atoms with Gasteiger partial charge in [0.15, 0.2) is 17.3 Å². The Balaban J connectivity index is 1.92. The number of nitrogens with zero attached hydrogens (tertiary/aromatic N) is 3. The van der Waals surface area contributed by atoms with Crippen LogP contribution >= 0.6 is 0 Å². The number of alkyl halides is 3. The van der Waals surface area contributed by atoms with Crippen molar-refractivity contribution < 1.29 is 22.6 Å². The minimum atomic E-state index is -4.55. The smallest absolute Gasteiger partial charge is 0.416 e. The lowest BCUT2D eigenvalue weighted by Crippen LogP contribution is -2.20. The molecule has 0 aliphatic rings. The van der Waals surface area contributed by atoms with Crippen LogP contribution in [0.5, 0.6) is 11.5 Å². The molecule has 4 aromatic rings. The van der Waals surface area contributed by atoms with Gasteiger partial charge in [-0.3, -0.25) is 4.79 Å². The molecule has 1 heterocycles. The SMILES string of the molecule is C=CCc1cc(C=Nn2c(-c3cccc(C(F)(F)F)c3)nc3ccccc3c2=O)cc(OC)c1OC. The molecule has 184 valence electrons. The summed E-state index contributed by atoms with van der Waals surface area (Å²) in [5, 5.41) is 4.62. The first-order valence-electron chi connectivity index (χ1n) is 10.9. The van der Waals surface area contributed by atoms with Crippen molar-refractivity contribution in [3.63, 3.8) is 0 Å². The van der Waals surface area contributed by atoms with Gasteiger partial charge in [0.2, 0.25) is 0 Å².